The van der Waals surface area contributed by atoms with Crippen LogP contribution in [0.15, 0.2) is 72.1 Å². The Balaban J connectivity index is 1.72. The number of nitrogens with one attached hydrogen (secondary N) is 1. The smallest absolute Gasteiger partial charge is 0.145 e. The third-order valence-electron chi connectivity index (χ3n) is 3.07. The Kier molecular flexibility index (Phi) is 4.56. The van der Waals surface area contributed by atoms with Gasteiger partial charge in [-0.05, 0) is 48.0 Å². The molecule has 2 aromatic heterocycles. The van der Waals surface area contributed by atoms with Gasteiger partial charge in [0, 0.05) is 30.0 Å². The average molecular weight is 309 g/mol. The molecule has 1 N–H and O–H groups in total. The standard InChI is InChI=1S/C17H15N3OS/c22-17-6-5-15(21-16-4-2-8-19-12-16)9-13(17)10-20-14-3-1-7-18-11-14/h1-9,11-12,20,22H,10H2. The Morgan fingerprint density at radius 2 is 1.77 bits per heavy atom. The summed E-state index contributed by atoms with van der Waals surface area (Å²) in [5.41, 5.74) is 2.02. The molecule has 0 amide bonds. The fraction of sp³-hybridized carbons (Fsp3) is 0.0588. The number of hydrogen-bond acceptors (Lipinski definition) is 5. The molecule has 0 atom stereocenters. The molecule has 0 aliphatic rings. The molecule has 5 heteroatoms. The lowest BCUT2D eigenvalue weighted by atomic mass is 10.2. The summed E-state index contributed by atoms with van der Waals surface area (Å²) in [6, 6.07) is 13.4. The van der Waals surface area contributed by atoms with E-state index in [1.54, 1.807) is 24.8 Å². The molecule has 3 aromatic rings. The van der Waals surface area contributed by atoms with Gasteiger partial charge in [0.25, 0.3) is 0 Å². The van der Waals surface area contributed by atoms with Crippen molar-refractivity contribution in [3.05, 3.63) is 72.8 Å². The molecular formula is C17H15N3OS. The summed E-state index contributed by atoms with van der Waals surface area (Å²) in [5, 5.41) is 3.31. The molecule has 0 radical (unpaired) electrons. The molecule has 1 aromatic carbocycles. The van der Waals surface area contributed by atoms with Gasteiger partial charge in [0.15, 0.2) is 0 Å². The minimum atomic E-state index is 0.648. The van der Waals surface area contributed by atoms with Crippen LogP contribution in [0.3, 0.4) is 0 Å². The van der Waals surface area contributed by atoms with Crippen LogP contribution < -0.4 is 10.1 Å². The van der Waals surface area contributed by atoms with Crippen molar-refractivity contribution in [1.82, 2.24) is 9.97 Å². The van der Waals surface area contributed by atoms with Crippen LogP contribution in [0.25, 0.3) is 0 Å². The summed E-state index contributed by atoms with van der Waals surface area (Å²) in [5.74, 6) is 1.47. The van der Waals surface area contributed by atoms with E-state index in [4.69, 9.17) is 4.74 Å². The van der Waals surface area contributed by atoms with E-state index in [0.717, 1.165) is 21.9 Å². The Morgan fingerprint density at radius 3 is 2.50 bits per heavy atom. The number of ether oxygens (including phenoxy) is 1. The third-order valence-corrected chi connectivity index (χ3v) is 3.50. The molecular weight excluding hydrogens is 294 g/mol. The first kappa shape index (κ1) is 14.4. The van der Waals surface area contributed by atoms with Crippen LogP contribution in [-0.2, 0) is 6.54 Å². The van der Waals surface area contributed by atoms with Crippen molar-refractivity contribution >= 4 is 18.3 Å². The average Bonchev–Trinajstić information content (AvgIpc) is 2.57. The van der Waals surface area contributed by atoms with Crippen molar-refractivity contribution in [2.45, 2.75) is 11.4 Å². The SMILES string of the molecule is Sc1ccc(Oc2cccnc2)cc1CNc1cccnc1. The number of thiol groups is 1. The lowest BCUT2D eigenvalue weighted by Crippen LogP contribution is -2.01. The van der Waals surface area contributed by atoms with Crippen LogP contribution in [-0.4, -0.2) is 9.97 Å². The van der Waals surface area contributed by atoms with Gasteiger partial charge >= 0.3 is 0 Å². The Bertz CT molecular complexity index is 735. The second kappa shape index (κ2) is 6.95. The first-order chi connectivity index (χ1) is 10.8. The molecule has 0 saturated carbocycles. The van der Waals surface area contributed by atoms with Crippen LogP contribution in [0.1, 0.15) is 5.56 Å². The Labute approximate surface area is 134 Å². The van der Waals surface area contributed by atoms with Gasteiger partial charge < -0.3 is 10.1 Å². The highest BCUT2D eigenvalue weighted by Gasteiger charge is 2.04. The molecule has 0 aliphatic carbocycles. The highest BCUT2D eigenvalue weighted by molar-refractivity contribution is 7.80. The van der Waals surface area contributed by atoms with Gasteiger partial charge in [-0.2, -0.15) is 0 Å². The number of pyridine rings is 2. The molecule has 0 aliphatic heterocycles. The summed E-state index contributed by atoms with van der Waals surface area (Å²) < 4.78 is 5.79. The van der Waals surface area contributed by atoms with Crippen molar-refractivity contribution in [3.8, 4) is 11.5 Å². The fourth-order valence-electron chi connectivity index (χ4n) is 1.98. The van der Waals surface area contributed by atoms with Gasteiger partial charge in [-0.1, -0.05) is 0 Å². The molecule has 2 heterocycles. The van der Waals surface area contributed by atoms with E-state index in [9.17, 15) is 0 Å². The zero-order valence-electron chi connectivity index (χ0n) is 11.8. The number of hydrogen-bond donors (Lipinski definition) is 2. The number of anilines is 1. The molecule has 3 rings (SSSR count). The second-order valence-electron chi connectivity index (χ2n) is 4.68. The maximum Gasteiger partial charge on any atom is 0.145 e. The van der Waals surface area contributed by atoms with Gasteiger partial charge in [-0.15, -0.1) is 12.6 Å². The summed E-state index contributed by atoms with van der Waals surface area (Å²) in [6.45, 7) is 0.648. The summed E-state index contributed by atoms with van der Waals surface area (Å²) in [7, 11) is 0. The highest BCUT2D eigenvalue weighted by atomic mass is 32.1. The molecule has 22 heavy (non-hydrogen) atoms. The van der Waals surface area contributed by atoms with Crippen molar-refractivity contribution in [1.29, 1.82) is 0 Å². The quantitative estimate of drug-likeness (QED) is 0.694. The van der Waals surface area contributed by atoms with Gasteiger partial charge in [0.2, 0.25) is 0 Å². The van der Waals surface area contributed by atoms with Crippen molar-refractivity contribution < 1.29 is 4.74 Å². The Morgan fingerprint density at radius 1 is 0.955 bits per heavy atom. The maximum atomic E-state index is 5.79. The third kappa shape index (κ3) is 3.77. The van der Waals surface area contributed by atoms with Gasteiger partial charge in [0.05, 0.1) is 11.9 Å². The summed E-state index contributed by atoms with van der Waals surface area (Å²) >= 11 is 4.49. The summed E-state index contributed by atoms with van der Waals surface area (Å²) in [4.78, 5) is 9.03. The molecule has 0 saturated heterocycles. The first-order valence-electron chi connectivity index (χ1n) is 6.85. The van der Waals surface area contributed by atoms with E-state index in [-0.39, 0.29) is 0 Å². The second-order valence-corrected chi connectivity index (χ2v) is 5.16. The normalized spacial score (nSPS) is 10.2. The van der Waals surface area contributed by atoms with Crippen LogP contribution in [0.5, 0.6) is 11.5 Å². The molecule has 0 fully saturated rings. The first-order valence-corrected chi connectivity index (χ1v) is 7.30. The molecule has 110 valence electrons. The molecule has 0 spiro atoms. The van der Waals surface area contributed by atoms with Crippen LogP contribution in [0.4, 0.5) is 5.69 Å². The van der Waals surface area contributed by atoms with Gasteiger partial charge in [0.1, 0.15) is 11.5 Å². The van der Waals surface area contributed by atoms with E-state index in [0.29, 0.717) is 12.3 Å². The zero-order valence-corrected chi connectivity index (χ0v) is 12.7. The molecule has 0 bridgehead atoms. The topological polar surface area (TPSA) is 47.0 Å². The van der Waals surface area contributed by atoms with Crippen molar-refractivity contribution in [2.24, 2.45) is 0 Å². The minimum absolute atomic E-state index is 0.648. The number of nitrogens with zero attached hydrogens (tertiary/aromatic N) is 2. The lowest BCUT2D eigenvalue weighted by molar-refractivity contribution is 0.479. The van der Waals surface area contributed by atoms with Gasteiger partial charge in [-0.25, -0.2) is 0 Å². The number of aromatic nitrogens is 2. The van der Waals surface area contributed by atoms with E-state index in [2.05, 4.69) is 27.9 Å². The van der Waals surface area contributed by atoms with E-state index in [1.165, 1.54) is 0 Å². The monoisotopic (exact) mass is 309 g/mol. The van der Waals surface area contributed by atoms with Crippen LogP contribution in [0.2, 0.25) is 0 Å². The number of benzene rings is 1. The number of rotatable bonds is 5. The highest BCUT2D eigenvalue weighted by Crippen LogP contribution is 2.25. The summed E-state index contributed by atoms with van der Waals surface area (Å²) in [6.07, 6.45) is 6.93. The van der Waals surface area contributed by atoms with E-state index < -0.39 is 0 Å². The van der Waals surface area contributed by atoms with Crippen molar-refractivity contribution in [2.75, 3.05) is 5.32 Å². The van der Waals surface area contributed by atoms with E-state index >= 15 is 0 Å². The zero-order chi connectivity index (χ0) is 15.2. The molecule has 0 unspecified atom stereocenters. The largest absolute Gasteiger partial charge is 0.456 e. The van der Waals surface area contributed by atoms with E-state index in [1.807, 2.05) is 42.5 Å². The van der Waals surface area contributed by atoms with Gasteiger partial charge in [-0.3, -0.25) is 9.97 Å². The predicted molar refractivity (Wildman–Crippen MR) is 89.6 cm³/mol. The lowest BCUT2D eigenvalue weighted by Gasteiger charge is -2.11. The maximum absolute atomic E-state index is 5.79. The Hall–Kier alpha value is -2.53. The predicted octanol–water partition coefficient (Wildman–Crippen LogP) is 4.17. The fourth-order valence-corrected chi connectivity index (χ4v) is 2.19. The minimum Gasteiger partial charge on any atom is -0.456 e. The van der Waals surface area contributed by atoms with Crippen molar-refractivity contribution in [3.63, 3.8) is 0 Å². The molecule has 4 nitrogen and oxygen atoms in total. The van der Waals surface area contributed by atoms with Crippen LogP contribution in [0, 0.1) is 0 Å². The van der Waals surface area contributed by atoms with Crippen LogP contribution >= 0.6 is 12.6 Å².